The third-order valence-electron chi connectivity index (χ3n) is 5.77. The Morgan fingerprint density at radius 1 is 1.11 bits per heavy atom. The molecule has 0 aliphatic carbocycles. The molecule has 1 aromatic heterocycles. The van der Waals surface area contributed by atoms with E-state index in [-0.39, 0.29) is 24.7 Å². The number of alkyl halides is 3. The molecule has 1 amide bonds. The lowest BCUT2D eigenvalue weighted by molar-refractivity contribution is -0.274. The van der Waals surface area contributed by atoms with Crippen molar-refractivity contribution >= 4 is 12.4 Å². The smallest absolute Gasteiger partial charge is 0.491 e. The van der Waals surface area contributed by atoms with Gasteiger partial charge in [-0.25, -0.2) is 0 Å². The normalized spacial score (nSPS) is 19.8. The van der Waals surface area contributed by atoms with Crippen molar-refractivity contribution in [3.05, 3.63) is 83.7 Å². The number of nitrogens with one attached hydrogen (secondary N) is 1. The highest BCUT2D eigenvalue weighted by atomic mass is 19.4. The van der Waals surface area contributed by atoms with E-state index >= 15 is 0 Å². The van der Waals surface area contributed by atoms with Crippen LogP contribution in [0.4, 0.5) is 13.2 Å². The first kappa shape index (κ1) is 24.8. The monoisotopic (exact) mass is 502 g/mol. The van der Waals surface area contributed by atoms with E-state index in [4.69, 9.17) is 19.4 Å². The first-order chi connectivity index (χ1) is 17.3. The molecule has 3 aromatic rings. The minimum Gasteiger partial charge on any atom is -0.491 e. The molecule has 5 rings (SSSR count). The van der Waals surface area contributed by atoms with E-state index in [1.165, 1.54) is 24.3 Å². The van der Waals surface area contributed by atoms with E-state index in [1.54, 1.807) is 18.3 Å². The first-order valence-electron chi connectivity index (χ1n) is 10.8. The number of hydrogen-bond acceptors (Lipinski definition) is 6. The van der Waals surface area contributed by atoms with Crippen LogP contribution in [0.1, 0.15) is 23.2 Å². The molecule has 0 saturated carbocycles. The third kappa shape index (κ3) is 5.19. The number of ether oxygens (including phenoxy) is 3. The maximum atomic E-state index is 13.3. The van der Waals surface area contributed by atoms with Crippen LogP contribution in [0.25, 0.3) is 0 Å². The number of amides is 1. The fourth-order valence-corrected chi connectivity index (χ4v) is 4.30. The molecule has 1 unspecified atom stereocenters. The summed E-state index contributed by atoms with van der Waals surface area (Å²) in [7, 11) is 0. The lowest BCUT2D eigenvalue weighted by atomic mass is 9.81. The Hall–Kier alpha value is -4.28. The Morgan fingerprint density at radius 3 is 2.50 bits per heavy atom. The van der Waals surface area contributed by atoms with Gasteiger partial charge in [0.05, 0.1) is 6.61 Å². The summed E-state index contributed by atoms with van der Waals surface area (Å²) in [5, 5.41) is 9.97. The average Bonchev–Trinajstić information content (AvgIpc) is 3.29. The third-order valence-corrected chi connectivity index (χ3v) is 5.77. The topological polar surface area (TPSA) is 107 Å². The minimum atomic E-state index is -4.80. The van der Waals surface area contributed by atoms with Crippen LogP contribution >= 0.6 is 0 Å². The first-order valence-corrected chi connectivity index (χ1v) is 10.8. The van der Waals surface area contributed by atoms with Gasteiger partial charge in [-0.15, -0.1) is 13.2 Å². The summed E-state index contributed by atoms with van der Waals surface area (Å²) in [6, 6.07) is 16.3. The van der Waals surface area contributed by atoms with Crippen LogP contribution in [-0.2, 0) is 21.5 Å². The summed E-state index contributed by atoms with van der Waals surface area (Å²) in [5.74, 6) is 0.456. The number of nitrogens with zero attached hydrogens (tertiary/aromatic N) is 1. The van der Waals surface area contributed by atoms with Gasteiger partial charge in [-0.2, -0.15) is 0 Å². The van der Waals surface area contributed by atoms with Crippen LogP contribution in [0, 0.1) is 0 Å². The van der Waals surface area contributed by atoms with Crippen molar-refractivity contribution in [3.8, 4) is 17.2 Å². The van der Waals surface area contributed by atoms with Crippen LogP contribution in [0.5, 0.6) is 17.2 Å². The van der Waals surface area contributed by atoms with Crippen molar-refractivity contribution in [1.29, 1.82) is 0 Å². The largest absolute Gasteiger partial charge is 0.573 e. The molecule has 188 valence electrons. The van der Waals surface area contributed by atoms with Crippen LogP contribution in [0.15, 0.2) is 66.9 Å². The number of benzene rings is 2. The van der Waals surface area contributed by atoms with E-state index in [1.807, 2.05) is 24.3 Å². The number of rotatable bonds is 4. The summed E-state index contributed by atoms with van der Waals surface area (Å²) in [4.78, 5) is 26.2. The fraction of sp³-hybridized carbons (Fsp3) is 0.240. The molecular formula is C25H21F3N2O6. The molecule has 11 heteroatoms. The molecule has 36 heavy (non-hydrogen) atoms. The molecular weight excluding hydrogens is 481 g/mol. The van der Waals surface area contributed by atoms with Gasteiger partial charge < -0.3 is 24.6 Å². The van der Waals surface area contributed by atoms with Gasteiger partial charge in [0.2, 0.25) is 0 Å². The number of pyridine rings is 1. The molecule has 2 aromatic carbocycles. The lowest BCUT2D eigenvalue weighted by Crippen LogP contribution is -2.53. The van der Waals surface area contributed by atoms with Gasteiger partial charge in [0.15, 0.2) is 6.10 Å². The maximum absolute atomic E-state index is 13.3. The molecule has 2 aliphatic rings. The molecule has 0 spiro atoms. The molecule has 2 atom stereocenters. The number of aromatic nitrogens is 1. The van der Waals surface area contributed by atoms with Crippen LogP contribution in [0.3, 0.4) is 0 Å². The Bertz CT molecular complexity index is 1210. The van der Waals surface area contributed by atoms with Crippen molar-refractivity contribution in [1.82, 2.24) is 10.3 Å². The van der Waals surface area contributed by atoms with Gasteiger partial charge in [-0.05, 0) is 41.5 Å². The second-order valence-corrected chi connectivity index (χ2v) is 7.94. The summed E-state index contributed by atoms with van der Waals surface area (Å²) in [6.45, 7) is 0.0333. The predicted octanol–water partition coefficient (Wildman–Crippen LogP) is 3.83. The molecule has 0 fully saturated rings. The van der Waals surface area contributed by atoms with Crippen molar-refractivity contribution in [2.45, 2.75) is 30.8 Å². The Labute approximate surface area is 203 Å². The SMILES string of the molecule is O=C(N[C@]1(c2ccc(OC(F)(F)F)cc2)CCOc2cccnc21)C1Cc2ccccc2O1.O=CO. The van der Waals surface area contributed by atoms with Crippen LogP contribution < -0.4 is 19.5 Å². The van der Waals surface area contributed by atoms with Gasteiger partial charge >= 0.3 is 6.36 Å². The minimum absolute atomic E-state index is 0.250. The fourth-order valence-electron chi connectivity index (χ4n) is 4.30. The number of carbonyl (C=O) groups is 2. The van der Waals surface area contributed by atoms with E-state index in [0.29, 0.717) is 35.6 Å². The number of fused-ring (bicyclic) bond motifs is 2. The number of para-hydroxylation sites is 1. The molecule has 0 bridgehead atoms. The van der Waals surface area contributed by atoms with Crippen LogP contribution in [0.2, 0.25) is 0 Å². The van der Waals surface area contributed by atoms with Gasteiger partial charge in [-0.1, -0.05) is 30.3 Å². The van der Waals surface area contributed by atoms with E-state index < -0.39 is 18.0 Å². The second-order valence-electron chi connectivity index (χ2n) is 7.94. The zero-order valence-corrected chi connectivity index (χ0v) is 18.7. The van der Waals surface area contributed by atoms with Crippen molar-refractivity contribution in [3.63, 3.8) is 0 Å². The molecule has 2 N–H and O–H groups in total. The van der Waals surface area contributed by atoms with Gasteiger partial charge in [0, 0.05) is 19.0 Å². The van der Waals surface area contributed by atoms with E-state index in [2.05, 4.69) is 15.0 Å². The summed E-state index contributed by atoms with van der Waals surface area (Å²) in [5.41, 5.74) is 0.862. The molecule has 0 saturated heterocycles. The Balaban J connectivity index is 0.000000967. The van der Waals surface area contributed by atoms with E-state index in [9.17, 15) is 18.0 Å². The molecule has 8 nitrogen and oxygen atoms in total. The van der Waals surface area contributed by atoms with E-state index in [0.717, 1.165) is 5.56 Å². The summed E-state index contributed by atoms with van der Waals surface area (Å²) < 4.78 is 53.4. The standard InChI is InChI=1S/C24H19F3N2O4.CH2O2/c25-24(26,27)33-17-9-7-16(8-10-17)23(11-13-31-19-6-3-12-28-21(19)23)29-22(30)20-14-15-4-1-2-5-18(15)32-20;2-1-3/h1-10,12,20H,11,13-14H2,(H,29,30);1H,(H,2,3)/t20?,23-;/m0./s1. The Kier molecular flexibility index (Phi) is 7.00. The van der Waals surface area contributed by atoms with Crippen LogP contribution in [-0.4, -0.2) is 41.5 Å². The zero-order valence-electron chi connectivity index (χ0n) is 18.7. The number of halogens is 3. The summed E-state index contributed by atoms with van der Waals surface area (Å²) in [6.07, 6.45) is -3.20. The highest BCUT2D eigenvalue weighted by Crippen LogP contribution is 2.41. The van der Waals surface area contributed by atoms with Crippen molar-refractivity contribution in [2.75, 3.05) is 6.61 Å². The maximum Gasteiger partial charge on any atom is 0.573 e. The number of hydrogen-bond donors (Lipinski definition) is 2. The lowest BCUT2D eigenvalue weighted by Gasteiger charge is -2.39. The highest BCUT2D eigenvalue weighted by molar-refractivity contribution is 5.84. The molecule has 3 heterocycles. The van der Waals surface area contributed by atoms with Gasteiger partial charge in [0.1, 0.15) is 28.5 Å². The average molecular weight is 502 g/mol. The summed E-state index contributed by atoms with van der Waals surface area (Å²) >= 11 is 0. The van der Waals surface area contributed by atoms with Crippen molar-refractivity contribution in [2.24, 2.45) is 0 Å². The number of carboxylic acid groups (broad SMARTS) is 1. The second kappa shape index (κ2) is 10.1. The van der Waals surface area contributed by atoms with Gasteiger partial charge in [-0.3, -0.25) is 14.6 Å². The molecule has 0 radical (unpaired) electrons. The van der Waals surface area contributed by atoms with Crippen molar-refractivity contribution < 1.29 is 42.1 Å². The number of carbonyl (C=O) groups excluding carboxylic acids is 1. The quantitative estimate of drug-likeness (QED) is 0.523. The molecule has 2 aliphatic heterocycles. The predicted molar refractivity (Wildman–Crippen MR) is 120 cm³/mol. The van der Waals surface area contributed by atoms with Gasteiger partial charge in [0.25, 0.3) is 12.4 Å². The zero-order chi connectivity index (χ0) is 25.8. The Morgan fingerprint density at radius 2 is 1.81 bits per heavy atom. The highest BCUT2D eigenvalue weighted by Gasteiger charge is 2.44.